The summed E-state index contributed by atoms with van der Waals surface area (Å²) >= 11 is 1.55. The molecular formula is C9H11N3OS. The minimum atomic E-state index is -0.466. The molecule has 0 aliphatic carbocycles. The number of thiophene rings is 1. The van der Waals surface area contributed by atoms with Crippen LogP contribution >= 0.6 is 11.3 Å². The lowest BCUT2D eigenvalue weighted by Crippen LogP contribution is -1.99. The zero-order valence-electron chi connectivity index (χ0n) is 7.79. The van der Waals surface area contributed by atoms with E-state index in [1.807, 2.05) is 30.8 Å². The lowest BCUT2D eigenvalue weighted by molar-refractivity contribution is 0.181. The fourth-order valence-electron chi connectivity index (χ4n) is 1.27. The van der Waals surface area contributed by atoms with Crippen LogP contribution in [-0.2, 0) is 13.5 Å². The van der Waals surface area contributed by atoms with Gasteiger partial charge >= 0.3 is 0 Å². The summed E-state index contributed by atoms with van der Waals surface area (Å²) in [5.74, 6) is 0. The van der Waals surface area contributed by atoms with Crippen LogP contribution < -0.4 is 0 Å². The molecule has 74 valence electrons. The Labute approximate surface area is 85.8 Å². The number of hydrogen-bond acceptors (Lipinski definition) is 4. The highest BCUT2D eigenvalue weighted by Gasteiger charge is 2.11. The standard InChI is InChI=1S/C9H11N3OS/c1-12-6-7(10-11-12)5-8(13)9-3-2-4-14-9/h2-4,6,8,13H,5H2,1H3. The molecule has 0 fully saturated rings. The van der Waals surface area contributed by atoms with Crippen LogP contribution in [0, 0.1) is 0 Å². The van der Waals surface area contributed by atoms with Crippen molar-refractivity contribution in [1.82, 2.24) is 15.0 Å². The van der Waals surface area contributed by atoms with Gasteiger partial charge in [0.15, 0.2) is 0 Å². The molecule has 0 saturated heterocycles. The Morgan fingerprint density at radius 1 is 1.64 bits per heavy atom. The van der Waals surface area contributed by atoms with Crippen molar-refractivity contribution in [1.29, 1.82) is 0 Å². The van der Waals surface area contributed by atoms with Crippen molar-refractivity contribution in [2.75, 3.05) is 0 Å². The summed E-state index contributed by atoms with van der Waals surface area (Å²) in [6, 6.07) is 3.85. The second-order valence-electron chi connectivity index (χ2n) is 3.12. The first kappa shape index (κ1) is 9.36. The molecule has 1 atom stereocenters. The first-order valence-corrected chi connectivity index (χ1v) is 5.20. The Morgan fingerprint density at radius 3 is 3.07 bits per heavy atom. The summed E-state index contributed by atoms with van der Waals surface area (Å²) in [5.41, 5.74) is 0.813. The van der Waals surface area contributed by atoms with Gasteiger partial charge in [-0.3, -0.25) is 4.68 Å². The van der Waals surface area contributed by atoms with E-state index in [1.54, 1.807) is 16.0 Å². The molecule has 0 spiro atoms. The Morgan fingerprint density at radius 2 is 2.50 bits per heavy atom. The molecule has 2 aromatic rings. The molecule has 0 aromatic carbocycles. The summed E-state index contributed by atoms with van der Waals surface area (Å²) in [5, 5.41) is 19.5. The Hall–Kier alpha value is -1.20. The van der Waals surface area contributed by atoms with Crippen molar-refractivity contribution >= 4 is 11.3 Å². The van der Waals surface area contributed by atoms with Crippen molar-refractivity contribution in [2.24, 2.45) is 7.05 Å². The molecule has 0 aliphatic heterocycles. The molecular weight excluding hydrogens is 198 g/mol. The number of rotatable bonds is 3. The molecule has 0 bridgehead atoms. The van der Waals surface area contributed by atoms with Crippen LogP contribution in [0.3, 0.4) is 0 Å². The van der Waals surface area contributed by atoms with Crippen LogP contribution in [-0.4, -0.2) is 20.1 Å². The number of aryl methyl sites for hydroxylation is 1. The fraction of sp³-hybridized carbons (Fsp3) is 0.333. The first-order chi connectivity index (χ1) is 6.75. The third-order valence-electron chi connectivity index (χ3n) is 1.92. The van der Waals surface area contributed by atoms with Gasteiger partial charge in [0.05, 0.1) is 11.8 Å². The molecule has 0 amide bonds. The fourth-order valence-corrected chi connectivity index (χ4v) is 1.98. The zero-order chi connectivity index (χ0) is 9.97. The van der Waals surface area contributed by atoms with Gasteiger partial charge in [0.2, 0.25) is 0 Å². The second-order valence-corrected chi connectivity index (χ2v) is 4.10. The van der Waals surface area contributed by atoms with Gasteiger partial charge in [0.25, 0.3) is 0 Å². The van der Waals surface area contributed by atoms with E-state index in [2.05, 4.69) is 10.3 Å². The molecule has 5 heteroatoms. The highest BCUT2D eigenvalue weighted by molar-refractivity contribution is 7.10. The minimum absolute atomic E-state index is 0.466. The molecule has 0 aliphatic rings. The highest BCUT2D eigenvalue weighted by Crippen LogP contribution is 2.21. The lowest BCUT2D eigenvalue weighted by Gasteiger charge is -2.04. The number of hydrogen-bond donors (Lipinski definition) is 1. The molecule has 2 rings (SSSR count). The van der Waals surface area contributed by atoms with Crippen molar-refractivity contribution in [3.05, 3.63) is 34.3 Å². The smallest absolute Gasteiger partial charge is 0.0938 e. The summed E-state index contributed by atoms with van der Waals surface area (Å²) in [7, 11) is 1.81. The normalized spacial score (nSPS) is 13.0. The average molecular weight is 209 g/mol. The Balaban J connectivity index is 2.05. The van der Waals surface area contributed by atoms with E-state index in [-0.39, 0.29) is 0 Å². The van der Waals surface area contributed by atoms with Gasteiger partial charge in [-0.05, 0) is 11.4 Å². The van der Waals surface area contributed by atoms with Gasteiger partial charge in [-0.25, -0.2) is 0 Å². The second kappa shape index (κ2) is 3.89. The summed E-state index contributed by atoms with van der Waals surface area (Å²) in [6.45, 7) is 0. The number of aromatic nitrogens is 3. The molecule has 0 radical (unpaired) electrons. The quantitative estimate of drug-likeness (QED) is 0.825. The third-order valence-corrected chi connectivity index (χ3v) is 2.90. The van der Waals surface area contributed by atoms with E-state index >= 15 is 0 Å². The van der Waals surface area contributed by atoms with Gasteiger partial charge in [0, 0.05) is 24.5 Å². The van der Waals surface area contributed by atoms with Crippen molar-refractivity contribution in [3.63, 3.8) is 0 Å². The minimum Gasteiger partial charge on any atom is -0.387 e. The van der Waals surface area contributed by atoms with Crippen LogP contribution in [0.1, 0.15) is 16.7 Å². The largest absolute Gasteiger partial charge is 0.387 e. The van der Waals surface area contributed by atoms with Gasteiger partial charge in [-0.1, -0.05) is 11.3 Å². The van der Waals surface area contributed by atoms with Crippen LogP contribution in [0.25, 0.3) is 0 Å². The Bertz CT molecular complexity index is 396. The van der Waals surface area contributed by atoms with E-state index in [0.29, 0.717) is 6.42 Å². The SMILES string of the molecule is Cn1cc(CC(O)c2cccs2)nn1. The maximum atomic E-state index is 9.81. The average Bonchev–Trinajstić information content (AvgIpc) is 2.75. The Kier molecular flexibility index (Phi) is 2.60. The monoisotopic (exact) mass is 209 g/mol. The molecule has 1 N–H and O–H groups in total. The first-order valence-electron chi connectivity index (χ1n) is 4.32. The molecule has 14 heavy (non-hydrogen) atoms. The van der Waals surface area contributed by atoms with Crippen LogP contribution in [0.2, 0.25) is 0 Å². The van der Waals surface area contributed by atoms with E-state index in [0.717, 1.165) is 10.6 Å². The molecule has 0 saturated carbocycles. The topological polar surface area (TPSA) is 50.9 Å². The predicted molar refractivity (Wildman–Crippen MR) is 54.0 cm³/mol. The van der Waals surface area contributed by atoms with Gasteiger partial charge < -0.3 is 5.11 Å². The lowest BCUT2D eigenvalue weighted by atomic mass is 10.2. The van der Waals surface area contributed by atoms with Crippen molar-refractivity contribution in [2.45, 2.75) is 12.5 Å². The van der Waals surface area contributed by atoms with Gasteiger partial charge in [0.1, 0.15) is 0 Å². The predicted octanol–water partition coefficient (Wildman–Crippen LogP) is 1.15. The van der Waals surface area contributed by atoms with E-state index in [4.69, 9.17) is 0 Å². The summed E-state index contributed by atoms with van der Waals surface area (Å²) < 4.78 is 1.64. The number of nitrogens with zero attached hydrogens (tertiary/aromatic N) is 3. The van der Waals surface area contributed by atoms with E-state index in [1.165, 1.54) is 0 Å². The van der Waals surface area contributed by atoms with Crippen molar-refractivity contribution in [3.8, 4) is 0 Å². The molecule has 2 aromatic heterocycles. The zero-order valence-corrected chi connectivity index (χ0v) is 8.61. The molecule has 4 nitrogen and oxygen atoms in total. The summed E-state index contributed by atoms with van der Waals surface area (Å²) in [4.78, 5) is 0.968. The molecule has 1 unspecified atom stereocenters. The van der Waals surface area contributed by atoms with Crippen LogP contribution in [0.5, 0.6) is 0 Å². The van der Waals surface area contributed by atoms with Crippen LogP contribution in [0.4, 0.5) is 0 Å². The number of aliphatic hydroxyl groups excluding tert-OH is 1. The van der Waals surface area contributed by atoms with E-state index in [9.17, 15) is 5.11 Å². The van der Waals surface area contributed by atoms with Crippen LogP contribution in [0.15, 0.2) is 23.7 Å². The number of aliphatic hydroxyl groups is 1. The van der Waals surface area contributed by atoms with Crippen molar-refractivity contribution < 1.29 is 5.11 Å². The molecule has 2 heterocycles. The third kappa shape index (κ3) is 2.00. The van der Waals surface area contributed by atoms with Gasteiger partial charge in [-0.2, -0.15) is 0 Å². The maximum absolute atomic E-state index is 9.81. The summed E-state index contributed by atoms with van der Waals surface area (Å²) in [6.07, 6.45) is 1.87. The van der Waals surface area contributed by atoms with Gasteiger partial charge in [-0.15, -0.1) is 16.4 Å². The maximum Gasteiger partial charge on any atom is 0.0938 e. The highest BCUT2D eigenvalue weighted by atomic mass is 32.1. The van der Waals surface area contributed by atoms with E-state index < -0.39 is 6.10 Å².